The number of carbonyl (C=O) groups excluding carboxylic acids is 3. The van der Waals surface area contributed by atoms with Crippen LogP contribution in [0.2, 0.25) is 21.0 Å². The minimum absolute atomic E-state index is 0.00420. The van der Waals surface area contributed by atoms with Gasteiger partial charge in [-0.25, -0.2) is 53.5 Å². The molecule has 20 rings (SSSR count). The largest absolute Gasteiger partial charge is 0.508 e. The standard InChI is InChI=1S/C25H21N9O3.2C17H12ClN7O2.C10H14N2O.C9H8Cl2N4O2.C8H5N3/c1-26-17-2-7-20-16(12-17)13-28-34(20)24-22-23(33(15-27-22)14-21(36)37)29-25(30-24)32-10-8-31(9-11-32)18-3-5-19(35)6-4-18;2*1-3-27-13(26)8-24-9-20-14-15(24)22-17(18)23-16(14)25-12-5-4-11(19-2)6-10(12)7-21-25;13-10-3-1-9(2-4-10)12-7-5-11-6-8-12;1-2-17-5(16)3-15-4-12-6-7(10)13-9(11)14-8(6)15;9-4-6-1-2-8-7(3-6)5-10-11-8/h2-7,12-13,15,35H,8-11,14H2,(H,36,37);2*4-7,9H,3,8H2,1H3;1-4,11,13H,5-8H2;4H,2-3H2,1H3;1-3,5H,(H,10,11). The summed E-state index contributed by atoms with van der Waals surface area (Å²) in [6.07, 6.45) is 12.5. The minimum Gasteiger partial charge on any atom is -0.508 e. The normalized spacial score (nSPS) is 12.3. The molecule has 132 heavy (non-hydrogen) atoms. The van der Waals surface area contributed by atoms with Crippen molar-refractivity contribution in [3.05, 3.63) is 232 Å². The average molecular weight is 1860 g/mol. The lowest BCUT2D eigenvalue weighted by molar-refractivity contribution is -0.144. The molecule has 12 aromatic heterocycles. The number of carbonyl (C=O) groups is 4. The van der Waals surface area contributed by atoms with Crippen LogP contribution in [0.3, 0.4) is 0 Å². The number of esters is 3. The molecule has 0 spiro atoms. The predicted octanol–water partition coefficient (Wildman–Crippen LogP) is 12.6. The minimum atomic E-state index is -1.00. The molecule has 5 N–H and O–H groups in total. The van der Waals surface area contributed by atoms with Gasteiger partial charge in [0.05, 0.1) is 123 Å². The number of anilines is 3. The third-order valence-electron chi connectivity index (χ3n) is 20.1. The summed E-state index contributed by atoms with van der Waals surface area (Å²) in [7, 11) is 0. The first-order valence-electron chi connectivity index (χ1n) is 40.2. The van der Waals surface area contributed by atoms with Crippen LogP contribution in [-0.4, -0.2) is 229 Å². The fourth-order valence-electron chi connectivity index (χ4n) is 14.0. The van der Waals surface area contributed by atoms with Gasteiger partial charge in [-0.1, -0.05) is 29.8 Å². The smallest absolute Gasteiger partial charge is 0.326 e. The van der Waals surface area contributed by atoms with Crippen molar-refractivity contribution in [1.29, 1.82) is 5.26 Å². The van der Waals surface area contributed by atoms with Crippen molar-refractivity contribution in [2.75, 3.05) is 86.9 Å². The number of phenolic OH excluding ortho intramolecular Hbond substituents is 2. The number of aromatic amines is 1. The predicted molar refractivity (Wildman–Crippen MR) is 488 cm³/mol. The van der Waals surface area contributed by atoms with E-state index in [9.17, 15) is 29.4 Å². The van der Waals surface area contributed by atoms with Gasteiger partial charge in [0, 0.05) is 85.3 Å². The molecular formula is C86H72Cl4N32O10. The van der Waals surface area contributed by atoms with E-state index in [1.807, 2.05) is 36.4 Å². The molecule has 18 aromatic rings. The van der Waals surface area contributed by atoms with Crippen LogP contribution in [0.4, 0.5) is 34.4 Å². The third kappa shape index (κ3) is 20.6. The van der Waals surface area contributed by atoms with Crippen molar-refractivity contribution in [3.63, 3.8) is 0 Å². The fourth-order valence-corrected chi connectivity index (χ4v) is 14.8. The van der Waals surface area contributed by atoms with Crippen LogP contribution in [0.1, 0.15) is 26.3 Å². The van der Waals surface area contributed by atoms with Gasteiger partial charge in [-0.05, 0) is 159 Å². The van der Waals surface area contributed by atoms with Crippen LogP contribution in [0.15, 0.2) is 171 Å². The lowest BCUT2D eigenvalue weighted by atomic mass is 10.2. The first-order chi connectivity index (χ1) is 64.1. The van der Waals surface area contributed by atoms with E-state index in [2.05, 4.69) is 116 Å². The molecule has 2 fully saturated rings. The van der Waals surface area contributed by atoms with Crippen molar-refractivity contribution < 1.29 is 48.7 Å². The van der Waals surface area contributed by atoms with Gasteiger partial charge < -0.3 is 67.8 Å². The number of aromatic nitrogens is 24. The Bertz CT molecular complexity index is 7320. The number of H-pyrrole nitrogens is 1. The lowest BCUT2D eigenvalue weighted by Crippen LogP contribution is -2.47. The van der Waals surface area contributed by atoms with Gasteiger partial charge in [0.2, 0.25) is 21.8 Å². The van der Waals surface area contributed by atoms with Crippen LogP contribution in [0.5, 0.6) is 11.5 Å². The van der Waals surface area contributed by atoms with Gasteiger partial charge in [-0.3, -0.25) is 24.3 Å². The molecule has 2 aliphatic rings. The highest BCUT2D eigenvalue weighted by Crippen LogP contribution is 2.33. The number of aliphatic carboxylic acids is 1. The number of phenols is 2. The number of hydrogen-bond donors (Lipinski definition) is 5. The van der Waals surface area contributed by atoms with Crippen molar-refractivity contribution in [2.45, 2.75) is 47.0 Å². The maximum absolute atomic E-state index is 11.8. The zero-order valence-electron chi connectivity index (χ0n) is 69.9. The third-order valence-corrected chi connectivity index (χ3v) is 20.9. The number of nitrogens with one attached hydrogen (secondary N) is 2. The van der Waals surface area contributed by atoms with Crippen molar-refractivity contribution in [3.8, 4) is 35.0 Å². The molecule has 2 aliphatic heterocycles. The molecule has 0 radical (unpaired) electrons. The SMILES string of the molecule is CCOC(=O)Cn1cnc2c(Cl)nc(Cl)nc21.N#Cc1ccc2[nH]ncc2c1.Oc1ccc(N2CCNCC2)cc1.[C-]#[N+]c1ccc2c(cnn2-c2nc(Cl)nc3c2ncn3CC(=O)OCC)c1.[C-]#[N+]c1ccc2c(cnn2-c2nc(Cl)nc3c2ncn3CC(=O)OCC)c1.[C-]#[N+]c1ccc2c(cnn2-c2nc(N3CCN(c4ccc(O)cc4)CC3)nc3c2ncn3CC(=O)O)c1. The van der Waals surface area contributed by atoms with Gasteiger partial charge in [0.25, 0.3) is 0 Å². The van der Waals surface area contributed by atoms with Crippen molar-refractivity contribution in [2.24, 2.45) is 0 Å². The summed E-state index contributed by atoms with van der Waals surface area (Å²) in [6, 6.07) is 37.7. The molecule has 46 heteroatoms. The van der Waals surface area contributed by atoms with E-state index in [-0.39, 0.29) is 58.9 Å². The fraction of sp³-hybridized carbons (Fsp3) is 0.209. The molecule has 0 saturated carbocycles. The van der Waals surface area contributed by atoms with Crippen LogP contribution in [0.25, 0.3) is 120 Å². The molecule has 0 bridgehead atoms. The molecular weight excluding hydrogens is 1780 g/mol. The van der Waals surface area contributed by atoms with E-state index >= 15 is 0 Å². The van der Waals surface area contributed by atoms with Crippen LogP contribution < -0.4 is 20.0 Å². The molecule has 664 valence electrons. The number of nitriles is 1. The Balaban J connectivity index is 0.000000127. The second-order valence-electron chi connectivity index (χ2n) is 28.5. The van der Waals surface area contributed by atoms with E-state index in [1.54, 1.807) is 154 Å². The van der Waals surface area contributed by atoms with Gasteiger partial charge >= 0.3 is 23.9 Å². The highest BCUT2D eigenvalue weighted by atomic mass is 35.5. The number of piperazine rings is 2. The number of benzene rings is 6. The molecule has 2 saturated heterocycles. The number of carboxylic acid groups (broad SMARTS) is 1. The number of imidazole rings is 4. The number of aromatic hydroxyl groups is 2. The highest BCUT2D eigenvalue weighted by molar-refractivity contribution is 6.35. The van der Waals surface area contributed by atoms with Gasteiger partial charge in [-0.2, -0.15) is 60.5 Å². The molecule has 0 unspecified atom stereocenters. The molecule has 0 aliphatic carbocycles. The Morgan fingerprint density at radius 1 is 0.447 bits per heavy atom. The van der Waals surface area contributed by atoms with Crippen LogP contribution in [-0.2, 0) is 59.6 Å². The number of carboxylic acids is 1. The molecule has 6 aromatic carbocycles. The van der Waals surface area contributed by atoms with E-state index in [0.29, 0.717) is 129 Å². The quantitative estimate of drug-likeness (QED) is 0.0186. The number of ether oxygens (including phenoxy) is 3. The number of fused-ring (bicyclic) bond motifs is 8. The Morgan fingerprint density at radius 3 is 1.25 bits per heavy atom. The summed E-state index contributed by atoms with van der Waals surface area (Å²) in [5, 5.41) is 63.4. The molecule has 0 atom stereocenters. The first-order valence-corrected chi connectivity index (χ1v) is 41.8. The van der Waals surface area contributed by atoms with Crippen LogP contribution in [0, 0.1) is 31.0 Å². The second kappa shape index (κ2) is 41.0. The van der Waals surface area contributed by atoms with Gasteiger partial charge in [0.1, 0.15) is 43.2 Å². The Hall–Kier alpha value is -16.6. The first kappa shape index (κ1) is 90.2. The number of nitrogens with zero attached hydrogens (tertiary/aromatic N) is 30. The second-order valence-corrected chi connectivity index (χ2v) is 29.9. The molecule has 42 nitrogen and oxygen atoms in total. The van der Waals surface area contributed by atoms with Crippen LogP contribution >= 0.6 is 46.4 Å². The topological polar surface area (TPSA) is 472 Å². The number of hydrogen-bond acceptors (Lipinski definition) is 30. The Labute approximate surface area is 766 Å². The summed E-state index contributed by atoms with van der Waals surface area (Å²) in [5.74, 6) is 0.0596. The Morgan fingerprint density at radius 2 is 0.833 bits per heavy atom. The lowest BCUT2D eigenvalue weighted by Gasteiger charge is -2.36. The van der Waals surface area contributed by atoms with Gasteiger partial charge in [0.15, 0.2) is 78.8 Å². The molecule has 0 amide bonds. The Kier molecular flexibility index (Phi) is 28.0. The number of rotatable bonds is 17. The summed E-state index contributed by atoms with van der Waals surface area (Å²) in [6.45, 7) is 34.2. The van der Waals surface area contributed by atoms with E-state index in [4.69, 9.17) is 101 Å². The van der Waals surface area contributed by atoms with E-state index in [1.165, 1.54) is 40.1 Å². The summed E-state index contributed by atoms with van der Waals surface area (Å²) in [5.41, 5.74) is 11.0. The summed E-state index contributed by atoms with van der Waals surface area (Å²) >= 11 is 23.7. The zero-order valence-corrected chi connectivity index (χ0v) is 72.9. The van der Waals surface area contributed by atoms with Crippen molar-refractivity contribution in [1.82, 2.24) is 123 Å². The average Bonchev–Trinajstić information content (AvgIpc) is 1.62. The van der Waals surface area contributed by atoms with E-state index < -0.39 is 17.9 Å². The number of halogens is 4. The summed E-state index contributed by atoms with van der Waals surface area (Å²) in [4.78, 5) is 115. The summed E-state index contributed by atoms with van der Waals surface area (Å²) < 4.78 is 25.7. The monoisotopic (exact) mass is 1850 g/mol. The van der Waals surface area contributed by atoms with Crippen molar-refractivity contribution >= 4 is 193 Å². The maximum Gasteiger partial charge on any atom is 0.326 e. The van der Waals surface area contributed by atoms with E-state index in [0.717, 1.165) is 88.6 Å². The zero-order chi connectivity index (χ0) is 92.6. The van der Waals surface area contributed by atoms with Gasteiger partial charge in [-0.15, -0.1) is 0 Å². The maximum atomic E-state index is 11.8. The molecule has 14 heterocycles. The highest BCUT2D eigenvalue weighted by Gasteiger charge is 2.27.